The van der Waals surface area contributed by atoms with E-state index >= 15 is 0 Å². The lowest BCUT2D eigenvalue weighted by atomic mass is 10.2. The molecule has 1 saturated heterocycles. The minimum Gasteiger partial charge on any atom is -0.325 e. The highest BCUT2D eigenvalue weighted by atomic mass is 32.2. The van der Waals surface area contributed by atoms with Crippen LogP contribution in [0, 0.1) is 0 Å². The van der Waals surface area contributed by atoms with Gasteiger partial charge in [-0.05, 0) is 49.6 Å². The Hall–Kier alpha value is -2.62. The number of rotatable bonds is 7. The summed E-state index contributed by atoms with van der Waals surface area (Å²) in [5.41, 5.74) is 2.61. The molecule has 4 rings (SSSR count). The molecular formula is C23H26N4O3S2. The summed E-state index contributed by atoms with van der Waals surface area (Å²) in [5.74, 6) is -0.172. The molecule has 168 valence electrons. The molecule has 3 aromatic rings. The van der Waals surface area contributed by atoms with E-state index < -0.39 is 10.0 Å². The number of carbonyl (C=O) groups excluding carboxylic acids is 1. The molecule has 7 nitrogen and oxygen atoms in total. The van der Waals surface area contributed by atoms with Crippen molar-refractivity contribution < 1.29 is 13.2 Å². The molecule has 0 radical (unpaired) electrons. The normalized spacial score (nSPS) is 15.6. The Balaban J connectivity index is 1.39. The van der Waals surface area contributed by atoms with Crippen molar-refractivity contribution in [2.75, 3.05) is 18.4 Å². The van der Waals surface area contributed by atoms with Crippen LogP contribution < -0.4 is 5.32 Å². The standard InChI is InChI=1S/C23H26N4O3S2/c1-17(31-23-24-16-21(26(23)2)18-8-4-3-5-9-18)22(28)25-19-10-12-20(13-11-19)32(29,30)27-14-6-7-15-27/h3-5,8-13,16-17H,6-7,14-15H2,1-2H3,(H,25,28)/t17-/m0/s1. The second kappa shape index (κ2) is 9.48. The predicted molar refractivity (Wildman–Crippen MR) is 127 cm³/mol. The van der Waals surface area contributed by atoms with Crippen LogP contribution in [0.2, 0.25) is 0 Å². The third-order valence-corrected chi connectivity index (χ3v) is 8.56. The molecule has 1 N–H and O–H groups in total. The highest BCUT2D eigenvalue weighted by molar-refractivity contribution is 8.00. The second-order valence-electron chi connectivity index (χ2n) is 7.74. The molecule has 2 heterocycles. The zero-order valence-corrected chi connectivity index (χ0v) is 19.7. The minimum absolute atomic E-state index is 0.172. The number of nitrogens with zero attached hydrogens (tertiary/aromatic N) is 3. The number of amides is 1. The Kier molecular flexibility index (Phi) is 6.68. The van der Waals surface area contributed by atoms with Gasteiger partial charge >= 0.3 is 0 Å². The lowest BCUT2D eigenvalue weighted by molar-refractivity contribution is -0.115. The van der Waals surface area contributed by atoms with Crippen LogP contribution in [0.15, 0.2) is 70.8 Å². The van der Waals surface area contributed by atoms with E-state index in [-0.39, 0.29) is 16.1 Å². The number of thioether (sulfide) groups is 1. The number of benzene rings is 2. The first-order valence-electron chi connectivity index (χ1n) is 10.5. The Labute approximate surface area is 192 Å². The van der Waals surface area contributed by atoms with Crippen molar-refractivity contribution in [1.82, 2.24) is 13.9 Å². The van der Waals surface area contributed by atoms with E-state index in [0.29, 0.717) is 18.8 Å². The number of hydrogen-bond donors (Lipinski definition) is 1. The number of aromatic nitrogens is 2. The molecule has 1 aliphatic rings. The van der Waals surface area contributed by atoms with E-state index in [2.05, 4.69) is 10.3 Å². The van der Waals surface area contributed by atoms with Gasteiger partial charge < -0.3 is 9.88 Å². The van der Waals surface area contributed by atoms with Crippen LogP contribution in [-0.2, 0) is 21.9 Å². The van der Waals surface area contributed by atoms with Crippen molar-refractivity contribution in [2.45, 2.75) is 35.1 Å². The lowest BCUT2D eigenvalue weighted by Crippen LogP contribution is -2.27. The number of anilines is 1. The van der Waals surface area contributed by atoms with E-state index in [0.717, 1.165) is 29.3 Å². The number of hydrogen-bond acceptors (Lipinski definition) is 5. The third-order valence-electron chi connectivity index (χ3n) is 5.49. The molecule has 9 heteroatoms. The maximum Gasteiger partial charge on any atom is 0.243 e. The summed E-state index contributed by atoms with van der Waals surface area (Å²) in [6.07, 6.45) is 3.60. The highest BCUT2D eigenvalue weighted by Crippen LogP contribution is 2.28. The van der Waals surface area contributed by atoms with Crippen LogP contribution in [0.1, 0.15) is 19.8 Å². The van der Waals surface area contributed by atoms with Crippen LogP contribution in [-0.4, -0.2) is 46.5 Å². The summed E-state index contributed by atoms with van der Waals surface area (Å²) >= 11 is 1.37. The first-order chi connectivity index (χ1) is 15.4. The fourth-order valence-corrected chi connectivity index (χ4v) is 5.99. The molecular weight excluding hydrogens is 444 g/mol. The molecule has 0 spiro atoms. The van der Waals surface area contributed by atoms with Crippen molar-refractivity contribution in [3.63, 3.8) is 0 Å². The van der Waals surface area contributed by atoms with Gasteiger partial charge in [0, 0.05) is 25.8 Å². The lowest BCUT2D eigenvalue weighted by Gasteiger charge is -2.16. The third kappa shape index (κ3) is 4.74. The van der Waals surface area contributed by atoms with E-state index in [1.54, 1.807) is 24.3 Å². The van der Waals surface area contributed by atoms with Gasteiger partial charge in [-0.25, -0.2) is 13.4 Å². The van der Waals surface area contributed by atoms with Gasteiger partial charge in [-0.3, -0.25) is 4.79 Å². The van der Waals surface area contributed by atoms with E-state index in [1.165, 1.54) is 16.1 Å². The van der Waals surface area contributed by atoms with Crippen molar-refractivity contribution in [3.8, 4) is 11.3 Å². The summed E-state index contributed by atoms with van der Waals surface area (Å²) in [6, 6.07) is 16.3. The van der Waals surface area contributed by atoms with Crippen molar-refractivity contribution in [1.29, 1.82) is 0 Å². The molecule has 1 amide bonds. The summed E-state index contributed by atoms with van der Waals surface area (Å²) in [6.45, 7) is 2.95. The van der Waals surface area contributed by atoms with Crippen LogP contribution in [0.5, 0.6) is 0 Å². The Morgan fingerprint density at radius 1 is 1.06 bits per heavy atom. The molecule has 0 unspecified atom stereocenters. The molecule has 0 aliphatic carbocycles. The summed E-state index contributed by atoms with van der Waals surface area (Å²) in [4.78, 5) is 17.4. The van der Waals surface area contributed by atoms with Crippen molar-refractivity contribution in [3.05, 3.63) is 60.8 Å². The van der Waals surface area contributed by atoms with Gasteiger partial charge in [0.05, 0.1) is 22.0 Å². The van der Waals surface area contributed by atoms with Gasteiger partial charge in [0.2, 0.25) is 15.9 Å². The van der Waals surface area contributed by atoms with Gasteiger partial charge in [0.15, 0.2) is 5.16 Å². The largest absolute Gasteiger partial charge is 0.325 e. The maximum absolute atomic E-state index is 12.7. The molecule has 1 fully saturated rings. The summed E-state index contributed by atoms with van der Waals surface area (Å²) < 4.78 is 28.8. The quantitative estimate of drug-likeness (QED) is 0.528. The number of nitrogens with one attached hydrogen (secondary N) is 1. The highest BCUT2D eigenvalue weighted by Gasteiger charge is 2.27. The number of imidazole rings is 1. The fourth-order valence-electron chi connectivity index (χ4n) is 3.62. The molecule has 1 atom stereocenters. The SMILES string of the molecule is C[C@H](Sc1ncc(-c2ccccc2)n1C)C(=O)Nc1ccc(S(=O)(=O)N2CCCC2)cc1. The number of sulfonamides is 1. The molecule has 1 aliphatic heterocycles. The predicted octanol–water partition coefficient (Wildman–Crippen LogP) is 3.99. The van der Waals surface area contributed by atoms with Crippen molar-refractivity contribution >= 4 is 33.4 Å². The zero-order valence-electron chi connectivity index (χ0n) is 18.1. The first-order valence-corrected chi connectivity index (χ1v) is 12.8. The minimum atomic E-state index is -3.46. The van der Waals surface area contributed by atoms with Crippen LogP contribution in [0.4, 0.5) is 5.69 Å². The molecule has 0 saturated carbocycles. The topological polar surface area (TPSA) is 84.3 Å². The fraction of sp³-hybridized carbons (Fsp3) is 0.304. The molecule has 2 aromatic carbocycles. The smallest absolute Gasteiger partial charge is 0.243 e. The molecule has 0 bridgehead atoms. The van der Waals surface area contributed by atoms with Crippen LogP contribution >= 0.6 is 11.8 Å². The molecule has 1 aromatic heterocycles. The average molecular weight is 471 g/mol. The summed E-state index contributed by atoms with van der Waals surface area (Å²) in [5, 5.41) is 3.23. The van der Waals surface area contributed by atoms with Gasteiger partial charge in [-0.2, -0.15) is 4.31 Å². The average Bonchev–Trinajstić information content (AvgIpc) is 3.46. The van der Waals surface area contributed by atoms with Gasteiger partial charge in [0.1, 0.15) is 0 Å². The number of carbonyl (C=O) groups is 1. The maximum atomic E-state index is 12.7. The second-order valence-corrected chi connectivity index (χ2v) is 11.0. The monoisotopic (exact) mass is 470 g/mol. The molecule has 32 heavy (non-hydrogen) atoms. The first kappa shape index (κ1) is 22.6. The van der Waals surface area contributed by atoms with Crippen LogP contribution in [0.25, 0.3) is 11.3 Å². The van der Waals surface area contributed by atoms with E-state index in [4.69, 9.17) is 0 Å². The Morgan fingerprint density at radius 2 is 1.72 bits per heavy atom. The Bertz CT molecular complexity index is 1190. The van der Waals surface area contributed by atoms with E-state index in [9.17, 15) is 13.2 Å². The Morgan fingerprint density at radius 3 is 2.38 bits per heavy atom. The zero-order chi connectivity index (χ0) is 22.7. The van der Waals surface area contributed by atoms with Crippen molar-refractivity contribution in [2.24, 2.45) is 7.05 Å². The summed E-state index contributed by atoms with van der Waals surface area (Å²) in [7, 11) is -1.53. The van der Waals surface area contributed by atoms with Gasteiger partial charge in [-0.1, -0.05) is 42.1 Å². The van der Waals surface area contributed by atoms with Crippen LogP contribution in [0.3, 0.4) is 0 Å². The van der Waals surface area contributed by atoms with E-state index in [1.807, 2.05) is 55.1 Å². The van der Waals surface area contributed by atoms with Gasteiger partial charge in [0.25, 0.3) is 0 Å². The van der Waals surface area contributed by atoms with Gasteiger partial charge in [-0.15, -0.1) is 0 Å².